The molecule has 1 atom stereocenters. The van der Waals surface area contributed by atoms with E-state index in [4.69, 9.17) is 4.74 Å². The van der Waals surface area contributed by atoms with Crippen LogP contribution in [-0.2, 0) is 0 Å². The Morgan fingerprint density at radius 2 is 1.82 bits per heavy atom. The Kier molecular flexibility index (Phi) is 4.54. The van der Waals surface area contributed by atoms with Crippen LogP contribution in [0.1, 0.15) is 28.3 Å². The van der Waals surface area contributed by atoms with Crippen LogP contribution >= 0.6 is 0 Å². The van der Waals surface area contributed by atoms with Gasteiger partial charge in [0, 0.05) is 5.56 Å². The molecule has 0 aliphatic carbocycles. The number of hydrogen-bond donors (Lipinski definition) is 1. The van der Waals surface area contributed by atoms with Crippen molar-refractivity contribution in [2.75, 3.05) is 27.8 Å². The molecule has 0 bridgehead atoms. The number of benzene rings is 1. The second-order valence-corrected chi connectivity index (χ2v) is 4.74. The Hall–Kier alpha value is -1.06. The molecule has 0 saturated heterocycles. The average molecular weight is 237 g/mol. The fraction of sp³-hybridized carbons (Fsp3) is 0.571. The lowest BCUT2D eigenvalue weighted by molar-refractivity contribution is 0.167. The first-order valence-electron chi connectivity index (χ1n) is 5.86. The lowest BCUT2D eigenvalue weighted by atomic mass is 9.94. The predicted octanol–water partition coefficient (Wildman–Crippen LogP) is 2.22. The summed E-state index contributed by atoms with van der Waals surface area (Å²) < 4.78 is 5.53. The van der Waals surface area contributed by atoms with Gasteiger partial charge < -0.3 is 14.7 Å². The highest BCUT2D eigenvalue weighted by Gasteiger charge is 2.22. The van der Waals surface area contributed by atoms with Gasteiger partial charge in [0.15, 0.2) is 0 Å². The smallest absolute Gasteiger partial charge is 0.127 e. The molecule has 0 spiro atoms. The van der Waals surface area contributed by atoms with Gasteiger partial charge in [-0.2, -0.15) is 0 Å². The SMILES string of the molecule is COc1c(C)c(C)cc(C)c1C(CO)N(C)C. The van der Waals surface area contributed by atoms with E-state index >= 15 is 0 Å². The standard InChI is InChI=1S/C14H23NO2/c1-9-7-10(2)13(12(8-16)15(4)5)14(17-6)11(9)3/h7,12,16H,8H2,1-6H3. The van der Waals surface area contributed by atoms with E-state index < -0.39 is 0 Å². The van der Waals surface area contributed by atoms with Crippen LogP contribution in [0.2, 0.25) is 0 Å². The highest BCUT2D eigenvalue weighted by molar-refractivity contribution is 5.51. The van der Waals surface area contributed by atoms with Crippen molar-refractivity contribution in [2.24, 2.45) is 0 Å². The minimum atomic E-state index is -0.0238. The quantitative estimate of drug-likeness (QED) is 0.871. The van der Waals surface area contributed by atoms with Gasteiger partial charge in [0.2, 0.25) is 0 Å². The molecular formula is C14H23NO2. The topological polar surface area (TPSA) is 32.7 Å². The average Bonchev–Trinajstić information content (AvgIpc) is 2.26. The Bertz CT molecular complexity index is 400. The van der Waals surface area contributed by atoms with Gasteiger partial charge in [-0.1, -0.05) is 6.07 Å². The van der Waals surface area contributed by atoms with E-state index in [0.29, 0.717) is 0 Å². The van der Waals surface area contributed by atoms with Gasteiger partial charge in [-0.3, -0.25) is 0 Å². The van der Waals surface area contributed by atoms with Crippen molar-refractivity contribution in [1.82, 2.24) is 4.90 Å². The van der Waals surface area contributed by atoms with Crippen molar-refractivity contribution < 1.29 is 9.84 Å². The van der Waals surface area contributed by atoms with Gasteiger partial charge in [0.1, 0.15) is 5.75 Å². The van der Waals surface area contributed by atoms with E-state index in [0.717, 1.165) is 22.4 Å². The van der Waals surface area contributed by atoms with Crippen LogP contribution < -0.4 is 4.74 Å². The van der Waals surface area contributed by atoms with Crippen LogP contribution in [0, 0.1) is 20.8 Å². The molecule has 0 radical (unpaired) electrons. The summed E-state index contributed by atoms with van der Waals surface area (Å²) in [6, 6.07) is 2.13. The minimum Gasteiger partial charge on any atom is -0.496 e. The second kappa shape index (κ2) is 5.52. The Morgan fingerprint density at radius 3 is 2.24 bits per heavy atom. The number of rotatable bonds is 4. The maximum absolute atomic E-state index is 9.56. The zero-order valence-electron chi connectivity index (χ0n) is 11.7. The van der Waals surface area contributed by atoms with Gasteiger partial charge in [-0.15, -0.1) is 0 Å². The summed E-state index contributed by atoms with van der Waals surface area (Å²) >= 11 is 0. The Balaban J connectivity index is 3.45. The van der Waals surface area contributed by atoms with Gasteiger partial charge in [-0.05, 0) is 51.6 Å². The van der Waals surface area contributed by atoms with Crippen molar-refractivity contribution in [3.63, 3.8) is 0 Å². The first-order valence-corrected chi connectivity index (χ1v) is 5.86. The summed E-state index contributed by atoms with van der Waals surface area (Å²) in [6.07, 6.45) is 0. The number of aliphatic hydroxyl groups excluding tert-OH is 1. The summed E-state index contributed by atoms with van der Waals surface area (Å²) in [6.45, 7) is 6.29. The van der Waals surface area contributed by atoms with Crippen molar-refractivity contribution in [2.45, 2.75) is 26.8 Å². The molecule has 0 heterocycles. The van der Waals surface area contributed by atoms with Gasteiger partial charge >= 0.3 is 0 Å². The van der Waals surface area contributed by atoms with Gasteiger partial charge in [0.25, 0.3) is 0 Å². The first-order chi connectivity index (χ1) is 7.93. The number of hydrogen-bond acceptors (Lipinski definition) is 3. The Labute approximate surface area is 104 Å². The van der Waals surface area contributed by atoms with Crippen LogP contribution in [0.4, 0.5) is 0 Å². The number of methoxy groups -OCH3 is 1. The molecule has 1 N–H and O–H groups in total. The number of ether oxygens (including phenoxy) is 1. The second-order valence-electron chi connectivity index (χ2n) is 4.74. The highest BCUT2D eigenvalue weighted by Crippen LogP contribution is 2.35. The van der Waals surface area contributed by atoms with E-state index in [1.807, 2.05) is 19.0 Å². The largest absolute Gasteiger partial charge is 0.496 e. The van der Waals surface area contributed by atoms with Gasteiger partial charge in [-0.25, -0.2) is 0 Å². The van der Waals surface area contributed by atoms with Crippen LogP contribution in [0.3, 0.4) is 0 Å². The molecule has 96 valence electrons. The van der Waals surface area contributed by atoms with E-state index in [1.165, 1.54) is 5.56 Å². The summed E-state index contributed by atoms with van der Waals surface area (Å²) in [5, 5.41) is 9.56. The highest BCUT2D eigenvalue weighted by atomic mass is 16.5. The van der Waals surface area contributed by atoms with Crippen LogP contribution in [0.15, 0.2) is 6.07 Å². The van der Waals surface area contributed by atoms with E-state index in [-0.39, 0.29) is 12.6 Å². The van der Waals surface area contributed by atoms with Crippen molar-refractivity contribution in [3.8, 4) is 5.75 Å². The van der Waals surface area contributed by atoms with Crippen molar-refractivity contribution in [3.05, 3.63) is 28.3 Å². The molecule has 3 nitrogen and oxygen atoms in total. The van der Waals surface area contributed by atoms with E-state index in [9.17, 15) is 5.11 Å². The maximum atomic E-state index is 9.56. The molecule has 0 aromatic heterocycles. The molecule has 0 saturated carbocycles. The molecule has 1 unspecified atom stereocenters. The molecule has 0 fully saturated rings. The van der Waals surface area contributed by atoms with Crippen molar-refractivity contribution >= 4 is 0 Å². The molecule has 1 rings (SSSR count). The van der Waals surface area contributed by atoms with E-state index in [2.05, 4.69) is 26.8 Å². The summed E-state index contributed by atoms with van der Waals surface area (Å²) in [4.78, 5) is 2.01. The van der Waals surface area contributed by atoms with Crippen LogP contribution in [0.5, 0.6) is 5.75 Å². The molecule has 1 aromatic carbocycles. The maximum Gasteiger partial charge on any atom is 0.127 e. The third-order valence-corrected chi connectivity index (χ3v) is 3.37. The van der Waals surface area contributed by atoms with Crippen LogP contribution in [0.25, 0.3) is 0 Å². The monoisotopic (exact) mass is 237 g/mol. The molecule has 0 aliphatic heterocycles. The van der Waals surface area contributed by atoms with Crippen LogP contribution in [-0.4, -0.2) is 37.8 Å². The molecule has 1 aromatic rings. The third-order valence-electron chi connectivity index (χ3n) is 3.37. The van der Waals surface area contributed by atoms with Gasteiger partial charge in [0.05, 0.1) is 19.8 Å². The number of aryl methyl sites for hydroxylation is 2. The Morgan fingerprint density at radius 1 is 1.24 bits per heavy atom. The zero-order chi connectivity index (χ0) is 13.2. The summed E-state index contributed by atoms with van der Waals surface area (Å²) in [5.41, 5.74) is 4.62. The lowest BCUT2D eigenvalue weighted by Gasteiger charge is -2.27. The molecule has 0 aliphatic rings. The fourth-order valence-electron chi connectivity index (χ4n) is 2.26. The summed E-state index contributed by atoms with van der Waals surface area (Å²) in [7, 11) is 5.62. The lowest BCUT2D eigenvalue weighted by Crippen LogP contribution is -2.24. The number of nitrogens with zero attached hydrogens (tertiary/aromatic N) is 1. The normalized spacial score (nSPS) is 12.9. The number of likely N-dealkylation sites (N-methyl/N-ethyl adjacent to an activating group) is 1. The molecular weight excluding hydrogens is 214 g/mol. The minimum absolute atomic E-state index is 0.0238. The first kappa shape index (κ1) is 14.0. The fourth-order valence-corrected chi connectivity index (χ4v) is 2.26. The van der Waals surface area contributed by atoms with Crippen molar-refractivity contribution in [1.29, 1.82) is 0 Å². The molecule has 17 heavy (non-hydrogen) atoms. The molecule has 3 heteroatoms. The van der Waals surface area contributed by atoms with E-state index in [1.54, 1.807) is 7.11 Å². The predicted molar refractivity (Wildman–Crippen MR) is 70.7 cm³/mol. The third kappa shape index (κ3) is 2.61. The summed E-state index contributed by atoms with van der Waals surface area (Å²) in [5.74, 6) is 0.898. The zero-order valence-corrected chi connectivity index (χ0v) is 11.7. The number of aliphatic hydroxyl groups is 1. The molecule has 0 amide bonds.